The van der Waals surface area contributed by atoms with E-state index in [1.165, 1.54) is 0 Å². The first-order valence-electron chi connectivity index (χ1n) is 7.53. The Hall–Kier alpha value is -2.97. The van der Waals surface area contributed by atoms with E-state index in [1.807, 2.05) is 0 Å². The number of anilines is 2. The van der Waals surface area contributed by atoms with Gasteiger partial charge in [-0.2, -0.15) is 0 Å². The van der Waals surface area contributed by atoms with E-state index in [0.29, 0.717) is 24.7 Å². The minimum absolute atomic E-state index is 0.0884. The first-order chi connectivity index (χ1) is 11.6. The van der Waals surface area contributed by atoms with Gasteiger partial charge in [0.2, 0.25) is 5.95 Å². The van der Waals surface area contributed by atoms with Gasteiger partial charge in [-0.3, -0.25) is 9.59 Å². The highest BCUT2D eigenvalue weighted by molar-refractivity contribution is 5.94. The first kappa shape index (κ1) is 17.4. The molecule has 0 radical (unpaired) electrons. The molecular formula is C15H19N5O4. The van der Waals surface area contributed by atoms with Gasteiger partial charge >= 0.3 is 5.97 Å². The smallest absolute Gasteiger partial charge is 0.308 e. The fraction of sp³-hybridized carbons (Fsp3) is 0.400. The average Bonchev–Trinajstić information content (AvgIpc) is 2.98. The molecule has 2 heterocycles. The zero-order valence-electron chi connectivity index (χ0n) is 13.5. The monoisotopic (exact) mass is 333 g/mol. The lowest BCUT2D eigenvalue weighted by Crippen LogP contribution is -2.32. The number of hydrogen-bond acceptors (Lipinski definition) is 8. The highest BCUT2D eigenvalue weighted by atomic mass is 16.5. The van der Waals surface area contributed by atoms with Gasteiger partial charge in [-0.1, -0.05) is 12.1 Å². The number of nitrogens with zero attached hydrogens (tertiary/aromatic N) is 3. The molecule has 0 aliphatic heterocycles. The number of rotatable bonds is 8. The van der Waals surface area contributed by atoms with Gasteiger partial charge in [0.15, 0.2) is 11.9 Å². The first-order valence-corrected chi connectivity index (χ1v) is 7.53. The topological polar surface area (TPSA) is 119 Å². The lowest BCUT2D eigenvalue weighted by Gasteiger charge is -2.15. The van der Waals surface area contributed by atoms with Crippen molar-refractivity contribution in [1.29, 1.82) is 0 Å². The van der Waals surface area contributed by atoms with Crippen LogP contribution in [0.4, 0.5) is 11.8 Å². The van der Waals surface area contributed by atoms with Crippen molar-refractivity contribution in [2.75, 3.05) is 17.2 Å². The summed E-state index contributed by atoms with van der Waals surface area (Å²) < 4.78 is 10.1. The Kier molecular flexibility index (Phi) is 6.23. The summed E-state index contributed by atoms with van der Waals surface area (Å²) >= 11 is 0. The molecule has 0 bridgehead atoms. The number of hydrogen-bond donors (Lipinski definition) is 2. The van der Waals surface area contributed by atoms with Gasteiger partial charge in [0.05, 0.1) is 6.42 Å². The second-order valence-electron chi connectivity index (χ2n) is 4.95. The van der Waals surface area contributed by atoms with Crippen LogP contribution in [0, 0.1) is 6.92 Å². The maximum Gasteiger partial charge on any atom is 0.308 e. The van der Waals surface area contributed by atoms with Crippen LogP contribution in [-0.2, 0) is 14.3 Å². The second-order valence-corrected chi connectivity index (χ2v) is 4.95. The van der Waals surface area contributed by atoms with Crippen molar-refractivity contribution in [2.24, 2.45) is 0 Å². The van der Waals surface area contributed by atoms with Crippen molar-refractivity contribution in [1.82, 2.24) is 15.1 Å². The lowest BCUT2D eigenvalue weighted by molar-refractivity contribution is -0.154. The third-order valence-corrected chi connectivity index (χ3v) is 2.99. The Labute approximate surface area is 138 Å². The summed E-state index contributed by atoms with van der Waals surface area (Å²) in [6, 6.07) is 3.27. The summed E-state index contributed by atoms with van der Waals surface area (Å²) in [5.41, 5.74) is 0. The average molecular weight is 333 g/mol. The maximum atomic E-state index is 12.1. The van der Waals surface area contributed by atoms with Crippen LogP contribution in [0.2, 0.25) is 0 Å². The zero-order valence-corrected chi connectivity index (χ0v) is 13.5. The third-order valence-electron chi connectivity index (χ3n) is 2.99. The van der Waals surface area contributed by atoms with Gasteiger partial charge in [-0.15, -0.1) is 0 Å². The Morgan fingerprint density at radius 2 is 2.08 bits per heavy atom. The van der Waals surface area contributed by atoms with Crippen LogP contribution in [0.5, 0.6) is 0 Å². The summed E-state index contributed by atoms with van der Waals surface area (Å²) in [6.07, 6.45) is 2.74. The van der Waals surface area contributed by atoms with Gasteiger partial charge in [0.1, 0.15) is 5.76 Å². The molecule has 2 aromatic heterocycles. The van der Waals surface area contributed by atoms with Crippen molar-refractivity contribution in [3.63, 3.8) is 0 Å². The van der Waals surface area contributed by atoms with Crippen molar-refractivity contribution in [3.05, 3.63) is 30.3 Å². The lowest BCUT2D eigenvalue weighted by atomic mass is 10.2. The number of amides is 1. The number of carbonyl (C=O) groups is 2. The number of nitrogens with one attached hydrogen (secondary N) is 2. The highest BCUT2D eigenvalue weighted by Crippen LogP contribution is 2.10. The molecule has 24 heavy (non-hydrogen) atoms. The van der Waals surface area contributed by atoms with Crippen molar-refractivity contribution >= 4 is 23.6 Å². The van der Waals surface area contributed by atoms with E-state index in [1.54, 1.807) is 38.4 Å². The van der Waals surface area contributed by atoms with Gasteiger partial charge in [0.25, 0.3) is 5.91 Å². The molecule has 128 valence electrons. The molecule has 0 fully saturated rings. The molecule has 2 aromatic rings. The van der Waals surface area contributed by atoms with E-state index in [9.17, 15) is 9.59 Å². The molecule has 0 spiro atoms. The third kappa shape index (κ3) is 5.34. The molecule has 1 amide bonds. The van der Waals surface area contributed by atoms with Crippen LogP contribution in [0.1, 0.15) is 25.5 Å². The van der Waals surface area contributed by atoms with Crippen molar-refractivity contribution < 1.29 is 18.8 Å². The molecule has 1 atom stereocenters. The number of esters is 1. The fourth-order valence-electron chi connectivity index (χ4n) is 1.84. The summed E-state index contributed by atoms with van der Waals surface area (Å²) in [7, 11) is 0. The van der Waals surface area contributed by atoms with E-state index >= 15 is 0 Å². The number of aromatic nitrogens is 3. The Morgan fingerprint density at radius 3 is 2.71 bits per heavy atom. The summed E-state index contributed by atoms with van der Waals surface area (Å²) in [5, 5.41) is 9.10. The molecule has 0 saturated carbocycles. The van der Waals surface area contributed by atoms with Crippen LogP contribution >= 0.6 is 0 Å². The fourth-order valence-corrected chi connectivity index (χ4v) is 1.84. The number of aryl methyl sites for hydroxylation is 1. The molecule has 2 rings (SSSR count). The maximum absolute atomic E-state index is 12.1. The SMILES string of the molecule is CCC(OC(=O)CCNc1ncccn1)C(=O)Nc1cc(C)on1. The van der Waals surface area contributed by atoms with E-state index in [2.05, 4.69) is 25.8 Å². The van der Waals surface area contributed by atoms with Gasteiger partial charge in [0, 0.05) is 25.0 Å². The summed E-state index contributed by atoms with van der Waals surface area (Å²) in [5.74, 6) is 0.353. The van der Waals surface area contributed by atoms with Gasteiger partial charge in [-0.25, -0.2) is 9.97 Å². The van der Waals surface area contributed by atoms with E-state index in [0.717, 1.165) is 0 Å². The largest absolute Gasteiger partial charge is 0.452 e. The minimum atomic E-state index is -0.887. The van der Waals surface area contributed by atoms with E-state index < -0.39 is 18.0 Å². The zero-order chi connectivity index (χ0) is 17.4. The molecule has 9 nitrogen and oxygen atoms in total. The minimum Gasteiger partial charge on any atom is -0.452 e. The summed E-state index contributed by atoms with van der Waals surface area (Å²) in [4.78, 5) is 31.9. The normalized spacial score (nSPS) is 11.6. The van der Waals surface area contributed by atoms with Crippen molar-refractivity contribution in [3.8, 4) is 0 Å². The van der Waals surface area contributed by atoms with Crippen molar-refractivity contribution in [2.45, 2.75) is 32.8 Å². The summed E-state index contributed by atoms with van der Waals surface area (Å²) in [6.45, 7) is 3.77. The second kappa shape index (κ2) is 8.61. The molecule has 0 saturated heterocycles. The van der Waals surface area contributed by atoms with Gasteiger partial charge in [-0.05, 0) is 19.4 Å². The van der Waals surface area contributed by atoms with E-state index in [4.69, 9.17) is 9.26 Å². The number of carbonyl (C=O) groups excluding carboxylic acids is 2. The molecular weight excluding hydrogens is 314 g/mol. The predicted octanol–water partition coefficient (Wildman–Crippen LogP) is 1.54. The molecule has 2 N–H and O–H groups in total. The van der Waals surface area contributed by atoms with Crippen LogP contribution in [0.15, 0.2) is 29.0 Å². The van der Waals surface area contributed by atoms with E-state index in [-0.39, 0.29) is 12.2 Å². The molecule has 0 aliphatic rings. The molecule has 0 aliphatic carbocycles. The Balaban J connectivity index is 1.76. The Bertz CT molecular complexity index is 674. The van der Waals surface area contributed by atoms with Crippen LogP contribution < -0.4 is 10.6 Å². The quantitative estimate of drug-likeness (QED) is 0.698. The highest BCUT2D eigenvalue weighted by Gasteiger charge is 2.22. The molecule has 1 unspecified atom stereocenters. The Morgan fingerprint density at radius 1 is 1.33 bits per heavy atom. The van der Waals surface area contributed by atoms with Crippen LogP contribution in [0.3, 0.4) is 0 Å². The van der Waals surface area contributed by atoms with Crippen LogP contribution in [0.25, 0.3) is 0 Å². The number of ether oxygens (including phenoxy) is 1. The molecule has 0 aromatic carbocycles. The van der Waals surface area contributed by atoms with Crippen LogP contribution in [-0.4, -0.2) is 39.6 Å². The van der Waals surface area contributed by atoms with Gasteiger partial charge < -0.3 is 19.9 Å². The standard InChI is InChI=1S/C15H19N5O4/c1-3-11(14(22)19-12-9-10(2)24-20-12)23-13(21)5-8-18-15-16-6-4-7-17-15/h4,6-7,9,11H,3,5,8H2,1-2H3,(H,16,17,18)(H,19,20,22). The molecule has 9 heteroatoms. The predicted molar refractivity (Wildman–Crippen MR) is 85.2 cm³/mol.